The Kier molecular flexibility index (Phi) is 6.59. The molecule has 0 bridgehead atoms. The SMILES string of the molecule is O=C(O)c1ccc(Oc2ccc(C(S)C(O)(c3ccc(=O)[nH]c3)C(F)(F)F)c(Cl)c2)cc1. The van der Waals surface area contributed by atoms with Crippen LogP contribution in [-0.2, 0) is 5.60 Å². The molecule has 0 saturated carbocycles. The van der Waals surface area contributed by atoms with Gasteiger partial charge in [0.25, 0.3) is 0 Å². The van der Waals surface area contributed by atoms with Gasteiger partial charge < -0.3 is 19.9 Å². The molecule has 6 nitrogen and oxygen atoms in total. The summed E-state index contributed by atoms with van der Waals surface area (Å²) in [6.07, 6.45) is -4.38. The number of H-pyrrole nitrogens is 1. The molecule has 0 aliphatic heterocycles. The van der Waals surface area contributed by atoms with E-state index in [0.717, 1.165) is 18.3 Å². The average molecular weight is 486 g/mol. The van der Waals surface area contributed by atoms with Crippen molar-refractivity contribution in [3.63, 3.8) is 0 Å². The Morgan fingerprint density at radius 3 is 2.19 bits per heavy atom. The van der Waals surface area contributed by atoms with Crippen LogP contribution in [0.1, 0.15) is 26.7 Å². The quantitative estimate of drug-likeness (QED) is 0.371. The number of benzene rings is 2. The Labute approximate surface area is 189 Å². The molecule has 11 heteroatoms. The predicted octanol–water partition coefficient (Wildman–Crippen LogP) is 4.94. The number of aromatic amines is 1. The second-order valence-electron chi connectivity index (χ2n) is 6.72. The van der Waals surface area contributed by atoms with Crippen LogP contribution in [-0.4, -0.2) is 27.3 Å². The van der Waals surface area contributed by atoms with Crippen LogP contribution in [0.4, 0.5) is 13.2 Å². The van der Waals surface area contributed by atoms with Crippen LogP contribution in [0.3, 0.4) is 0 Å². The summed E-state index contributed by atoms with van der Waals surface area (Å²) in [6, 6.07) is 11.0. The summed E-state index contributed by atoms with van der Waals surface area (Å²) in [6.45, 7) is 0. The van der Waals surface area contributed by atoms with Gasteiger partial charge in [-0.15, -0.1) is 0 Å². The Hall–Kier alpha value is -2.95. The van der Waals surface area contributed by atoms with Gasteiger partial charge in [-0.1, -0.05) is 17.7 Å². The summed E-state index contributed by atoms with van der Waals surface area (Å²) >= 11 is 10.2. The number of halogens is 4. The van der Waals surface area contributed by atoms with Gasteiger partial charge in [0.1, 0.15) is 11.5 Å². The topological polar surface area (TPSA) is 99.6 Å². The van der Waals surface area contributed by atoms with Crippen molar-refractivity contribution in [1.82, 2.24) is 4.98 Å². The van der Waals surface area contributed by atoms with Crippen LogP contribution in [0.25, 0.3) is 0 Å². The molecule has 0 amide bonds. The minimum atomic E-state index is -5.15. The number of ether oxygens (including phenoxy) is 1. The zero-order chi connectivity index (χ0) is 23.7. The number of hydrogen-bond acceptors (Lipinski definition) is 5. The molecule has 0 radical (unpaired) electrons. The highest BCUT2D eigenvalue weighted by Gasteiger charge is 2.59. The van der Waals surface area contributed by atoms with E-state index in [1.54, 1.807) is 0 Å². The highest BCUT2D eigenvalue weighted by molar-refractivity contribution is 7.80. The van der Waals surface area contributed by atoms with E-state index in [2.05, 4.69) is 17.6 Å². The molecule has 1 heterocycles. The Morgan fingerprint density at radius 2 is 1.69 bits per heavy atom. The first kappa shape index (κ1) is 23.7. The molecule has 3 rings (SSSR count). The van der Waals surface area contributed by atoms with Crippen molar-refractivity contribution < 1.29 is 32.9 Å². The maximum Gasteiger partial charge on any atom is 0.422 e. The number of thiol groups is 1. The molecule has 0 aliphatic rings. The molecule has 2 atom stereocenters. The summed E-state index contributed by atoms with van der Waals surface area (Å²) in [5, 5.41) is 17.6. The molecule has 0 spiro atoms. The first-order valence-corrected chi connectivity index (χ1v) is 9.80. The molecule has 3 aromatic rings. The monoisotopic (exact) mass is 485 g/mol. The van der Waals surface area contributed by atoms with Gasteiger partial charge in [0.2, 0.25) is 11.2 Å². The third-order valence-electron chi connectivity index (χ3n) is 4.66. The van der Waals surface area contributed by atoms with Crippen LogP contribution in [0, 0.1) is 0 Å². The number of hydrogen-bond donors (Lipinski definition) is 4. The zero-order valence-electron chi connectivity index (χ0n) is 15.9. The third-order valence-corrected chi connectivity index (χ3v) is 5.63. The van der Waals surface area contributed by atoms with E-state index in [1.807, 2.05) is 0 Å². The Balaban J connectivity index is 1.93. The van der Waals surface area contributed by atoms with Crippen molar-refractivity contribution in [3.05, 3.63) is 92.9 Å². The molecule has 3 N–H and O–H groups in total. The van der Waals surface area contributed by atoms with Crippen LogP contribution in [0.2, 0.25) is 5.02 Å². The van der Waals surface area contributed by atoms with Crippen molar-refractivity contribution in [2.75, 3.05) is 0 Å². The van der Waals surface area contributed by atoms with Crippen LogP contribution in [0.5, 0.6) is 11.5 Å². The van der Waals surface area contributed by atoms with Gasteiger partial charge >= 0.3 is 12.1 Å². The van der Waals surface area contributed by atoms with E-state index in [0.29, 0.717) is 0 Å². The summed E-state index contributed by atoms with van der Waals surface area (Å²) in [5.41, 5.74) is -4.78. The molecule has 168 valence electrons. The van der Waals surface area contributed by atoms with Crippen molar-refractivity contribution in [2.24, 2.45) is 0 Å². The summed E-state index contributed by atoms with van der Waals surface area (Å²) in [7, 11) is 0. The number of aliphatic hydroxyl groups is 1. The second kappa shape index (κ2) is 8.89. The molecule has 2 aromatic carbocycles. The maximum atomic E-state index is 13.9. The van der Waals surface area contributed by atoms with E-state index in [1.165, 1.54) is 42.5 Å². The van der Waals surface area contributed by atoms with E-state index in [9.17, 15) is 27.9 Å². The van der Waals surface area contributed by atoms with Gasteiger partial charge in [-0.05, 0) is 48.0 Å². The smallest absolute Gasteiger partial charge is 0.422 e. The number of alkyl halides is 3. The fourth-order valence-electron chi connectivity index (χ4n) is 2.94. The lowest BCUT2D eigenvalue weighted by Gasteiger charge is -2.36. The molecule has 0 saturated heterocycles. The molecule has 32 heavy (non-hydrogen) atoms. The minimum absolute atomic E-state index is 0.0531. The lowest BCUT2D eigenvalue weighted by atomic mass is 9.86. The number of carbonyl (C=O) groups is 1. The number of aromatic nitrogens is 1. The first-order chi connectivity index (χ1) is 14.9. The first-order valence-electron chi connectivity index (χ1n) is 8.90. The molecule has 0 fully saturated rings. The standard InChI is InChI=1S/C21H15ClF3NO5S/c22-16-9-14(31-13-4-1-11(2-5-13)19(28)29)6-7-15(16)18(32)20(30,21(23,24)25)12-3-8-17(27)26-10-12/h1-10,18,30,32H,(H,26,27)(H,28,29). The lowest BCUT2D eigenvalue weighted by molar-refractivity contribution is -0.267. The molecule has 1 aromatic heterocycles. The fraction of sp³-hybridized carbons (Fsp3) is 0.143. The van der Waals surface area contributed by atoms with Gasteiger partial charge in [0, 0.05) is 22.8 Å². The maximum absolute atomic E-state index is 13.9. The van der Waals surface area contributed by atoms with Crippen molar-refractivity contribution in [3.8, 4) is 11.5 Å². The fourth-order valence-corrected chi connectivity index (χ4v) is 3.82. The molecular formula is C21H15ClF3NO5S. The second-order valence-corrected chi connectivity index (χ2v) is 7.65. The van der Waals surface area contributed by atoms with E-state index >= 15 is 0 Å². The average Bonchev–Trinajstić information content (AvgIpc) is 2.73. The highest BCUT2D eigenvalue weighted by Crippen LogP contribution is 2.51. The number of pyridine rings is 1. The van der Waals surface area contributed by atoms with E-state index in [-0.39, 0.29) is 27.6 Å². The number of rotatable bonds is 6. The highest BCUT2D eigenvalue weighted by atomic mass is 35.5. The van der Waals surface area contributed by atoms with Crippen LogP contribution < -0.4 is 10.3 Å². The van der Waals surface area contributed by atoms with Crippen LogP contribution in [0.15, 0.2) is 65.6 Å². The van der Waals surface area contributed by atoms with Gasteiger partial charge in [-0.25, -0.2) is 4.79 Å². The number of nitrogens with one attached hydrogen (secondary N) is 1. The number of carboxylic acid groups (broad SMARTS) is 1. The zero-order valence-corrected chi connectivity index (χ0v) is 17.6. The predicted molar refractivity (Wildman–Crippen MR) is 114 cm³/mol. The van der Waals surface area contributed by atoms with E-state index < -0.39 is 34.1 Å². The largest absolute Gasteiger partial charge is 0.478 e. The summed E-state index contributed by atoms with van der Waals surface area (Å²) in [5.74, 6) is -0.661. The van der Waals surface area contributed by atoms with Gasteiger partial charge in [0.05, 0.1) is 10.8 Å². The Bertz CT molecular complexity index is 1180. The Morgan fingerprint density at radius 1 is 1.06 bits per heavy atom. The minimum Gasteiger partial charge on any atom is -0.478 e. The van der Waals surface area contributed by atoms with Gasteiger partial charge in [-0.2, -0.15) is 25.8 Å². The number of aromatic carboxylic acids is 1. The molecule has 0 aliphatic carbocycles. The van der Waals surface area contributed by atoms with Gasteiger partial charge in [0.15, 0.2) is 0 Å². The van der Waals surface area contributed by atoms with Gasteiger partial charge in [-0.3, -0.25) is 4.79 Å². The normalized spacial score (nSPS) is 14.4. The van der Waals surface area contributed by atoms with E-state index in [4.69, 9.17) is 21.4 Å². The lowest BCUT2D eigenvalue weighted by Crippen LogP contribution is -2.46. The van der Waals surface area contributed by atoms with Crippen LogP contribution >= 0.6 is 24.2 Å². The van der Waals surface area contributed by atoms with Crippen molar-refractivity contribution in [2.45, 2.75) is 17.0 Å². The summed E-state index contributed by atoms with van der Waals surface area (Å²) in [4.78, 5) is 24.2. The van der Waals surface area contributed by atoms with Crippen molar-refractivity contribution in [1.29, 1.82) is 0 Å². The number of carboxylic acids is 1. The van der Waals surface area contributed by atoms with Crippen molar-refractivity contribution >= 4 is 30.2 Å². The third kappa shape index (κ3) is 4.62. The molecule has 2 unspecified atom stereocenters. The molecular weight excluding hydrogens is 471 g/mol. The summed E-state index contributed by atoms with van der Waals surface area (Å²) < 4.78 is 47.3.